The van der Waals surface area contributed by atoms with Crippen LogP contribution in [-0.2, 0) is 9.59 Å². The smallest absolute Gasteiger partial charge is 0.289 e. The van der Waals surface area contributed by atoms with E-state index in [4.69, 9.17) is 22.1 Å². The molecule has 43 heavy (non-hydrogen) atoms. The maximum Gasteiger partial charge on any atom is 0.289 e. The number of nitro groups is 1. The lowest BCUT2D eigenvalue weighted by molar-refractivity contribution is -0.384. The quantitative estimate of drug-likeness (QED) is 0.171. The van der Waals surface area contributed by atoms with E-state index in [-0.39, 0.29) is 39.3 Å². The van der Waals surface area contributed by atoms with Crippen LogP contribution in [0, 0.1) is 21.4 Å². The summed E-state index contributed by atoms with van der Waals surface area (Å²) in [5, 5.41) is 32.7. The largest absolute Gasteiger partial charge is 0.494 e. The van der Waals surface area contributed by atoms with Gasteiger partial charge in [-0.3, -0.25) is 24.6 Å². The third kappa shape index (κ3) is 6.19. The van der Waals surface area contributed by atoms with Gasteiger partial charge in [-0.15, -0.1) is 10.2 Å². The van der Waals surface area contributed by atoms with Gasteiger partial charge in [-0.2, -0.15) is 5.26 Å². The predicted octanol–water partition coefficient (Wildman–Crippen LogP) is 5.53. The van der Waals surface area contributed by atoms with Gasteiger partial charge in [0.1, 0.15) is 16.6 Å². The molecule has 0 fully saturated rings. The van der Waals surface area contributed by atoms with Crippen LogP contribution in [0.1, 0.15) is 37.7 Å². The van der Waals surface area contributed by atoms with Crippen LogP contribution in [-0.4, -0.2) is 39.2 Å². The maximum atomic E-state index is 13.3. The molecule has 15 heteroatoms. The molecule has 1 amide bonds. The van der Waals surface area contributed by atoms with Crippen LogP contribution < -0.4 is 20.7 Å². The number of nitro benzene ring substituents is 1. The number of hydrogen-bond acceptors (Lipinski definition) is 12. The number of nitriles is 1. The molecule has 2 aliphatic rings. The fourth-order valence-corrected chi connectivity index (χ4v) is 6.83. The molecule has 12 nitrogen and oxygen atoms in total. The number of nitrogens with zero attached hydrogens (tertiary/aromatic N) is 5. The van der Waals surface area contributed by atoms with Crippen LogP contribution in [0.4, 0.5) is 16.5 Å². The highest BCUT2D eigenvalue weighted by Gasteiger charge is 2.41. The average molecular weight is 638 g/mol. The molecule has 1 aromatic heterocycles. The van der Waals surface area contributed by atoms with Crippen LogP contribution in [0.5, 0.6) is 5.75 Å². The zero-order valence-corrected chi connectivity index (χ0v) is 25.1. The average Bonchev–Trinajstić information content (AvgIpc) is 3.45. The third-order valence-corrected chi connectivity index (χ3v) is 9.14. The van der Waals surface area contributed by atoms with Crippen molar-refractivity contribution >= 4 is 62.9 Å². The van der Waals surface area contributed by atoms with Gasteiger partial charge in [0.25, 0.3) is 5.69 Å². The number of carbonyl (C=O) groups excluding carboxylic acids is 2. The van der Waals surface area contributed by atoms with Crippen molar-refractivity contribution in [1.82, 2.24) is 10.2 Å². The Morgan fingerprint density at radius 3 is 2.77 bits per heavy atom. The zero-order chi connectivity index (χ0) is 30.7. The van der Waals surface area contributed by atoms with Gasteiger partial charge in [0, 0.05) is 29.4 Å². The lowest BCUT2D eigenvalue weighted by Gasteiger charge is -2.38. The number of ketones is 1. The van der Waals surface area contributed by atoms with Gasteiger partial charge >= 0.3 is 0 Å². The fourth-order valence-electron chi connectivity index (χ4n) is 4.97. The third-order valence-electron chi connectivity index (χ3n) is 6.78. The summed E-state index contributed by atoms with van der Waals surface area (Å²) in [6.45, 7) is 2.41. The summed E-state index contributed by atoms with van der Waals surface area (Å²) in [5.74, 6) is -0.275. The van der Waals surface area contributed by atoms with Gasteiger partial charge in [0.05, 0.1) is 34.8 Å². The number of aromatic nitrogens is 2. The summed E-state index contributed by atoms with van der Waals surface area (Å²) < 4.78 is 6.01. The summed E-state index contributed by atoms with van der Waals surface area (Å²) in [5.41, 5.74) is 8.72. The second kappa shape index (κ2) is 12.8. The molecule has 3 aromatic rings. The minimum atomic E-state index is -0.630. The van der Waals surface area contributed by atoms with Crippen molar-refractivity contribution in [2.45, 2.75) is 36.4 Å². The lowest BCUT2D eigenvalue weighted by atomic mass is 9.76. The Labute approximate surface area is 259 Å². The Morgan fingerprint density at radius 2 is 2.07 bits per heavy atom. The number of halogens is 1. The summed E-state index contributed by atoms with van der Waals surface area (Å²) >= 11 is 8.12. The van der Waals surface area contributed by atoms with E-state index in [1.165, 1.54) is 29.5 Å². The molecule has 1 aliphatic carbocycles. The van der Waals surface area contributed by atoms with Crippen LogP contribution >= 0.6 is 34.7 Å². The van der Waals surface area contributed by atoms with Crippen molar-refractivity contribution in [2.24, 2.45) is 5.73 Å². The minimum absolute atomic E-state index is 0.0342. The molecule has 220 valence electrons. The topological polar surface area (TPSA) is 177 Å². The molecule has 1 unspecified atom stereocenters. The van der Waals surface area contributed by atoms with Crippen LogP contribution in [0.2, 0.25) is 5.02 Å². The van der Waals surface area contributed by atoms with E-state index < -0.39 is 16.7 Å². The number of nitrogens with one attached hydrogen (secondary N) is 1. The zero-order valence-electron chi connectivity index (χ0n) is 22.7. The van der Waals surface area contributed by atoms with Gasteiger partial charge < -0.3 is 15.8 Å². The second-order valence-electron chi connectivity index (χ2n) is 9.43. The molecule has 0 bridgehead atoms. The van der Waals surface area contributed by atoms with E-state index in [2.05, 4.69) is 21.6 Å². The predicted molar refractivity (Wildman–Crippen MR) is 163 cm³/mol. The Hall–Kier alpha value is -4.45. The molecule has 0 spiro atoms. The summed E-state index contributed by atoms with van der Waals surface area (Å²) in [7, 11) is 0. The van der Waals surface area contributed by atoms with E-state index >= 15 is 0 Å². The number of benzene rings is 2. The fraction of sp³-hybridized carbons (Fsp3) is 0.250. The van der Waals surface area contributed by atoms with Crippen molar-refractivity contribution in [1.29, 1.82) is 5.26 Å². The first-order valence-electron chi connectivity index (χ1n) is 13.1. The Bertz CT molecular complexity index is 1710. The molecule has 2 heterocycles. The van der Waals surface area contributed by atoms with Gasteiger partial charge in [-0.25, -0.2) is 0 Å². The van der Waals surface area contributed by atoms with Gasteiger partial charge in [-0.1, -0.05) is 46.8 Å². The standard InChI is InChI=1S/C28H24ClN7O5S2/c1-2-41-17-9-6-15(7-10-17)24-18(13-30)26(31)35(20-4-3-5-22(37)25(20)24)27-33-34-28(43-27)42-14-23(38)32-16-8-11-19(29)21(12-16)36(39)40/h6-12,24H,2-5,14,31H2,1H3,(H,32,38). The Kier molecular flexibility index (Phi) is 8.95. The molecule has 5 rings (SSSR count). The van der Waals surface area contributed by atoms with E-state index in [0.29, 0.717) is 52.4 Å². The van der Waals surface area contributed by atoms with E-state index in [1.807, 2.05) is 31.2 Å². The number of nitrogens with two attached hydrogens (primary N) is 1. The molecular weight excluding hydrogens is 614 g/mol. The first kappa shape index (κ1) is 30.0. The maximum absolute atomic E-state index is 13.3. The molecular formula is C28H24ClN7O5S2. The normalized spacial score (nSPS) is 16.5. The molecule has 1 aliphatic heterocycles. The van der Waals surface area contributed by atoms with Gasteiger partial charge in [0.2, 0.25) is 11.0 Å². The number of amides is 1. The molecule has 0 radical (unpaired) electrons. The highest BCUT2D eigenvalue weighted by Crippen LogP contribution is 2.47. The number of anilines is 2. The minimum Gasteiger partial charge on any atom is -0.494 e. The van der Waals surface area contributed by atoms with Crippen molar-refractivity contribution in [2.75, 3.05) is 22.6 Å². The van der Waals surface area contributed by atoms with Gasteiger partial charge in [-0.05, 0) is 49.6 Å². The Morgan fingerprint density at radius 1 is 1.30 bits per heavy atom. The van der Waals surface area contributed by atoms with E-state index in [1.54, 1.807) is 4.90 Å². The molecule has 0 saturated heterocycles. The molecule has 0 saturated carbocycles. The first-order valence-corrected chi connectivity index (χ1v) is 15.3. The monoisotopic (exact) mass is 637 g/mol. The van der Waals surface area contributed by atoms with Crippen LogP contribution in [0.15, 0.2) is 69.5 Å². The van der Waals surface area contributed by atoms with E-state index in [9.17, 15) is 25.0 Å². The lowest BCUT2D eigenvalue weighted by Crippen LogP contribution is -2.38. The summed E-state index contributed by atoms with van der Waals surface area (Å²) in [4.78, 5) is 38.0. The second-order valence-corrected chi connectivity index (χ2v) is 12.0. The number of ether oxygens (including phenoxy) is 1. The highest BCUT2D eigenvalue weighted by molar-refractivity contribution is 8.01. The number of allylic oxidation sites excluding steroid dienone is 3. The number of Topliss-reactive ketones (excluding diaryl/α,β-unsaturated/α-hetero) is 1. The number of hydrogen-bond donors (Lipinski definition) is 2. The van der Waals surface area contributed by atoms with E-state index in [0.717, 1.165) is 17.3 Å². The summed E-state index contributed by atoms with van der Waals surface area (Å²) in [6.07, 6.45) is 1.55. The van der Waals surface area contributed by atoms with Crippen LogP contribution in [0.3, 0.4) is 0 Å². The molecule has 2 aromatic carbocycles. The Balaban J connectivity index is 1.38. The number of thioether (sulfide) groups is 1. The molecule has 3 N–H and O–H groups in total. The van der Waals surface area contributed by atoms with Gasteiger partial charge in [0.15, 0.2) is 10.1 Å². The highest BCUT2D eigenvalue weighted by atomic mass is 35.5. The van der Waals surface area contributed by atoms with Crippen molar-refractivity contribution in [3.05, 3.63) is 85.8 Å². The molecule has 1 atom stereocenters. The van der Waals surface area contributed by atoms with Crippen molar-refractivity contribution in [3.8, 4) is 11.8 Å². The first-order chi connectivity index (χ1) is 20.7. The van der Waals surface area contributed by atoms with Crippen LogP contribution in [0.25, 0.3) is 0 Å². The van der Waals surface area contributed by atoms with Crippen molar-refractivity contribution < 1.29 is 19.2 Å². The van der Waals surface area contributed by atoms with Crippen molar-refractivity contribution in [3.63, 3.8) is 0 Å². The summed E-state index contributed by atoms with van der Waals surface area (Å²) in [6, 6.07) is 13.5. The SMILES string of the molecule is CCOc1ccc(C2C(C#N)=C(N)N(c3nnc(SCC(=O)Nc4ccc(Cl)c([N+](=O)[O-])c4)s3)C3=C2C(=O)CCC3)cc1. The number of rotatable bonds is 9. The number of carbonyl (C=O) groups is 2.